The van der Waals surface area contributed by atoms with Gasteiger partial charge in [-0.3, -0.25) is 0 Å². The van der Waals surface area contributed by atoms with Gasteiger partial charge in [0.25, 0.3) is 0 Å². The van der Waals surface area contributed by atoms with Crippen LogP contribution in [0.15, 0.2) is 36.9 Å². The van der Waals surface area contributed by atoms with E-state index in [1.165, 1.54) is 0 Å². The molecule has 0 spiro atoms. The highest BCUT2D eigenvalue weighted by Gasteiger charge is 2.26. The molecule has 0 aliphatic carbocycles. The molecule has 3 aromatic heterocycles. The number of nitriles is 1. The molecule has 1 aliphatic heterocycles. The smallest absolute Gasteiger partial charge is 0.142 e. The van der Waals surface area contributed by atoms with Gasteiger partial charge in [-0.25, -0.2) is 15.0 Å². The first kappa shape index (κ1) is 15.4. The number of H-pyrrole nitrogens is 1. The second-order valence-electron chi connectivity index (χ2n) is 6.43. The van der Waals surface area contributed by atoms with Crippen LogP contribution in [0.25, 0.3) is 11.0 Å². The van der Waals surface area contributed by atoms with Crippen LogP contribution in [-0.2, 0) is 0 Å². The highest BCUT2D eigenvalue weighted by atomic mass is 15.2. The van der Waals surface area contributed by atoms with Crippen molar-refractivity contribution in [2.75, 3.05) is 36.5 Å². The summed E-state index contributed by atoms with van der Waals surface area (Å²) in [7, 11) is 2.06. The summed E-state index contributed by atoms with van der Waals surface area (Å²) in [5.74, 6) is 1.56. The average Bonchev–Trinajstić information content (AvgIpc) is 3.30. The van der Waals surface area contributed by atoms with Crippen LogP contribution in [0.2, 0.25) is 0 Å². The van der Waals surface area contributed by atoms with Crippen LogP contribution in [-0.4, -0.2) is 46.6 Å². The van der Waals surface area contributed by atoms with E-state index in [4.69, 9.17) is 5.26 Å². The topological polar surface area (TPSA) is 84.7 Å². The number of pyridine rings is 1. The number of hydrogen-bond acceptors (Lipinski definition) is 6. The number of aromatic nitrogens is 4. The van der Waals surface area contributed by atoms with E-state index < -0.39 is 0 Å². The van der Waals surface area contributed by atoms with Crippen molar-refractivity contribution in [2.45, 2.75) is 6.42 Å². The highest BCUT2D eigenvalue weighted by molar-refractivity contribution is 5.87. The minimum atomic E-state index is 0.452. The van der Waals surface area contributed by atoms with E-state index in [1.54, 1.807) is 12.5 Å². The monoisotopic (exact) mass is 333 g/mol. The molecular formula is C18H19N7. The molecule has 3 aromatic rings. The van der Waals surface area contributed by atoms with Gasteiger partial charge in [0.05, 0.1) is 5.39 Å². The summed E-state index contributed by atoms with van der Waals surface area (Å²) in [6, 6.07) is 7.91. The number of nitrogens with one attached hydrogen (secondary N) is 1. The quantitative estimate of drug-likeness (QED) is 0.788. The predicted molar refractivity (Wildman–Crippen MR) is 96.4 cm³/mol. The van der Waals surface area contributed by atoms with E-state index in [-0.39, 0.29) is 0 Å². The van der Waals surface area contributed by atoms with Crippen molar-refractivity contribution in [1.29, 1.82) is 5.26 Å². The van der Waals surface area contributed by atoms with Gasteiger partial charge >= 0.3 is 0 Å². The Morgan fingerprint density at radius 1 is 1.36 bits per heavy atom. The first-order valence-electron chi connectivity index (χ1n) is 8.35. The summed E-state index contributed by atoms with van der Waals surface area (Å²) in [4.78, 5) is 20.5. The van der Waals surface area contributed by atoms with E-state index in [0.717, 1.165) is 48.6 Å². The molecule has 1 saturated heterocycles. The zero-order chi connectivity index (χ0) is 17.2. The van der Waals surface area contributed by atoms with Crippen molar-refractivity contribution in [3.05, 3.63) is 42.6 Å². The number of fused-ring (bicyclic) bond motifs is 1. The molecule has 7 heteroatoms. The molecule has 1 atom stereocenters. The molecular weight excluding hydrogens is 314 g/mol. The van der Waals surface area contributed by atoms with Gasteiger partial charge in [0.2, 0.25) is 0 Å². The normalized spacial score (nSPS) is 17.0. The Morgan fingerprint density at radius 3 is 3.16 bits per heavy atom. The number of rotatable bonds is 4. The fourth-order valence-electron chi connectivity index (χ4n) is 3.50. The van der Waals surface area contributed by atoms with Crippen LogP contribution in [0, 0.1) is 17.2 Å². The minimum absolute atomic E-state index is 0.452. The molecule has 1 N–H and O–H groups in total. The number of hydrogen-bond donors (Lipinski definition) is 1. The van der Waals surface area contributed by atoms with E-state index >= 15 is 0 Å². The summed E-state index contributed by atoms with van der Waals surface area (Å²) in [6.45, 7) is 2.90. The Hall–Kier alpha value is -3.14. The first-order chi connectivity index (χ1) is 12.2. The molecule has 4 heterocycles. The molecule has 1 unspecified atom stereocenters. The van der Waals surface area contributed by atoms with Crippen LogP contribution in [0.5, 0.6) is 0 Å². The van der Waals surface area contributed by atoms with Gasteiger partial charge in [-0.1, -0.05) is 0 Å². The molecule has 0 radical (unpaired) electrons. The first-order valence-corrected chi connectivity index (χ1v) is 8.35. The predicted octanol–water partition coefficient (Wildman–Crippen LogP) is 2.19. The van der Waals surface area contributed by atoms with E-state index in [9.17, 15) is 0 Å². The molecule has 25 heavy (non-hydrogen) atoms. The summed E-state index contributed by atoms with van der Waals surface area (Å²) in [6.07, 6.45) is 6.33. The highest BCUT2D eigenvalue weighted by Crippen LogP contribution is 2.28. The van der Waals surface area contributed by atoms with Crippen molar-refractivity contribution in [1.82, 2.24) is 19.9 Å². The van der Waals surface area contributed by atoms with Gasteiger partial charge < -0.3 is 14.8 Å². The molecule has 1 aliphatic rings. The molecule has 0 saturated carbocycles. The maximum absolute atomic E-state index is 9.01. The molecule has 4 rings (SSSR count). The minimum Gasteiger partial charge on any atom is -0.374 e. The second kappa shape index (κ2) is 6.40. The van der Waals surface area contributed by atoms with Crippen LogP contribution in [0.4, 0.5) is 11.5 Å². The zero-order valence-corrected chi connectivity index (χ0v) is 14.1. The Labute approximate surface area is 145 Å². The molecule has 0 bridgehead atoms. The zero-order valence-electron chi connectivity index (χ0n) is 14.1. The Balaban J connectivity index is 1.46. The largest absolute Gasteiger partial charge is 0.374 e. The summed E-state index contributed by atoms with van der Waals surface area (Å²) >= 11 is 0. The third-order valence-corrected chi connectivity index (χ3v) is 4.75. The lowest BCUT2D eigenvalue weighted by molar-refractivity contribution is 0.584. The van der Waals surface area contributed by atoms with Crippen molar-refractivity contribution in [2.24, 2.45) is 5.92 Å². The Morgan fingerprint density at radius 2 is 2.28 bits per heavy atom. The van der Waals surface area contributed by atoms with Gasteiger partial charge in [0.1, 0.15) is 29.6 Å². The van der Waals surface area contributed by atoms with Gasteiger partial charge in [0, 0.05) is 44.8 Å². The van der Waals surface area contributed by atoms with Gasteiger partial charge in [-0.15, -0.1) is 0 Å². The fourth-order valence-corrected chi connectivity index (χ4v) is 3.50. The summed E-state index contributed by atoms with van der Waals surface area (Å²) < 4.78 is 0. The standard InChI is InChI=1S/C18H19N7/c1-24(15-2-5-20-14(8-15)9-19)10-13-4-7-25(11-13)18-16-3-6-21-17(16)22-12-23-18/h2-3,5-6,8,12-13H,4,7,10-11H2,1H3,(H,21,22,23). The van der Waals surface area contributed by atoms with Crippen molar-refractivity contribution < 1.29 is 0 Å². The van der Waals surface area contributed by atoms with Crippen LogP contribution >= 0.6 is 0 Å². The van der Waals surface area contributed by atoms with Crippen LogP contribution < -0.4 is 9.80 Å². The molecule has 126 valence electrons. The van der Waals surface area contributed by atoms with Crippen LogP contribution in [0.3, 0.4) is 0 Å². The van der Waals surface area contributed by atoms with Gasteiger partial charge in [-0.2, -0.15) is 5.26 Å². The number of nitrogens with zero attached hydrogens (tertiary/aromatic N) is 6. The molecule has 1 fully saturated rings. The van der Waals surface area contributed by atoms with Crippen molar-refractivity contribution in [3.63, 3.8) is 0 Å². The van der Waals surface area contributed by atoms with Gasteiger partial charge in [-0.05, 0) is 30.5 Å². The Kier molecular flexibility index (Phi) is 3.94. The van der Waals surface area contributed by atoms with Crippen molar-refractivity contribution in [3.8, 4) is 6.07 Å². The third-order valence-electron chi connectivity index (χ3n) is 4.75. The van der Waals surface area contributed by atoms with Crippen LogP contribution in [0.1, 0.15) is 12.1 Å². The molecule has 0 amide bonds. The molecule has 0 aromatic carbocycles. The third kappa shape index (κ3) is 2.98. The summed E-state index contributed by atoms with van der Waals surface area (Å²) in [5.41, 5.74) is 2.36. The maximum atomic E-state index is 9.01. The number of anilines is 2. The van der Waals surface area contributed by atoms with Crippen molar-refractivity contribution >= 4 is 22.5 Å². The van der Waals surface area contributed by atoms with E-state index in [0.29, 0.717) is 11.6 Å². The fraction of sp³-hybridized carbons (Fsp3) is 0.333. The lowest BCUT2D eigenvalue weighted by Crippen LogP contribution is -2.28. The lowest BCUT2D eigenvalue weighted by Gasteiger charge is -2.24. The number of aromatic amines is 1. The maximum Gasteiger partial charge on any atom is 0.142 e. The van der Waals surface area contributed by atoms with E-state index in [1.807, 2.05) is 24.4 Å². The SMILES string of the molecule is CN(CC1CCN(c2ncnc3[nH]ccc23)C1)c1ccnc(C#N)c1. The molecule has 7 nitrogen and oxygen atoms in total. The summed E-state index contributed by atoms with van der Waals surface area (Å²) in [5, 5.41) is 10.1. The van der Waals surface area contributed by atoms with E-state index in [2.05, 4.69) is 42.9 Å². The van der Waals surface area contributed by atoms with Gasteiger partial charge in [0.15, 0.2) is 0 Å². The second-order valence-corrected chi connectivity index (χ2v) is 6.43. The lowest BCUT2D eigenvalue weighted by atomic mass is 10.1. The Bertz CT molecular complexity index is 926. The average molecular weight is 333 g/mol.